The molecule has 0 radical (unpaired) electrons. The van der Waals surface area contributed by atoms with Crippen molar-refractivity contribution in [3.05, 3.63) is 0 Å². The molecule has 31 heavy (non-hydrogen) atoms. The van der Waals surface area contributed by atoms with Crippen LogP contribution in [0, 0.1) is 17.8 Å². The van der Waals surface area contributed by atoms with Gasteiger partial charge in [0.05, 0.1) is 24.4 Å². The van der Waals surface area contributed by atoms with Gasteiger partial charge < -0.3 is 30.7 Å². The smallest absolute Gasteiger partial charge is 0.223 e. The van der Waals surface area contributed by atoms with Crippen molar-refractivity contribution in [2.24, 2.45) is 23.5 Å². The molecule has 2 heterocycles. The van der Waals surface area contributed by atoms with Crippen molar-refractivity contribution in [3.8, 4) is 0 Å². The number of aliphatic hydroxyl groups is 2. The van der Waals surface area contributed by atoms with Gasteiger partial charge >= 0.3 is 0 Å². The third kappa shape index (κ3) is 7.67. The van der Waals surface area contributed by atoms with Gasteiger partial charge in [0.1, 0.15) is 6.10 Å². The molecule has 0 spiro atoms. The zero-order chi connectivity index (χ0) is 23.0. The van der Waals surface area contributed by atoms with Crippen molar-refractivity contribution in [2.75, 3.05) is 6.54 Å². The van der Waals surface area contributed by atoms with Gasteiger partial charge in [-0.15, -0.1) is 0 Å². The molecule has 2 saturated heterocycles. The van der Waals surface area contributed by atoms with Crippen LogP contribution in [0.1, 0.15) is 85.5 Å². The van der Waals surface area contributed by atoms with Crippen LogP contribution in [-0.2, 0) is 14.3 Å². The highest BCUT2D eigenvalue weighted by Crippen LogP contribution is 2.30. The third-order valence-electron chi connectivity index (χ3n) is 7.36. The van der Waals surface area contributed by atoms with Crippen LogP contribution in [0.3, 0.4) is 0 Å². The first-order chi connectivity index (χ1) is 14.8. The number of ether oxygens (including phenoxy) is 2. The quantitative estimate of drug-likeness (QED) is 0.532. The summed E-state index contributed by atoms with van der Waals surface area (Å²) in [4.78, 5) is 12.5. The largest absolute Gasteiger partial charge is 0.389 e. The van der Waals surface area contributed by atoms with Gasteiger partial charge in [-0.3, -0.25) is 4.79 Å². The summed E-state index contributed by atoms with van der Waals surface area (Å²) in [6.45, 7) is 8.97. The van der Waals surface area contributed by atoms with Gasteiger partial charge in [0.15, 0.2) is 6.29 Å². The second-order valence-electron chi connectivity index (χ2n) is 9.76. The minimum atomic E-state index is -1.06. The molecule has 7 heteroatoms. The summed E-state index contributed by atoms with van der Waals surface area (Å²) in [6.07, 6.45) is 5.43. The van der Waals surface area contributed by atoms with Crippen LogP contribution in [0.15, 0.2) is 0 Å². The second-order valence-corrected chi connectivity index (χ2v) is 9.76. The zero-order valence-electron chi connectivity index (χ0n) is 20.0. The van der Waals surface area contributed by atoms with Gasteiger partial charge in [0.25, 0.3) is 0 Å². The minimum absolute atomic E-state index is 0.0521. The van der Waals surface area contributed by atoms with Crippen molar-refractivity contribution >= 4 is 5.91 Å². The standard InChI is InChI=1S/C24H46N2O5/c1-5-17-11-8-14-26-23(29)18(6-2)10-7-9-15(3)12-13-19(17)31-24-22(28)20(25)21(27)16(4)30-24/h15-22,24,27-28H,5-14,25H2,1-4H3,(H,26,29)/t15-,16-,17+,18+,19+,20+,21+,22+,24?/m0/s1. The van der Waals surface area contributed by atoms with Gasteiger partial charge in [0.2, 0.25) is 5.91 Å². The lowest BCUT2D eigenvalue weighted by atomic mass is 9.86. The summed E-state index contributed by atoms with van der Waals surface area (Å²) in [5.41, 5.74) is 6.00. The fourth-order valence-electron chi connectivity index (χ4n) is 4.97. The molecule has 7 nitrogen and oxygen atoms in total. The van der Waals surface area contributed by atoms with Gasteiger partial charge in [-0.2, -0.15) is 0 Å². The maximum atomic E-state index is 12.5. The molecule has 1 unspecified atom stereocenters. The van der Waals surface area contributed by atoms with Crippen molar-refractivity contribution in [1.82, 2.24) is 5.32 Å². The number of hydrogen-bond acceptors (Lipinski definition) is 6. The fraction of sp³-hybridized carbons (Fsp3) is 0.958. The van der Waals surface area contributed by atoms with Crippen LogP contribution in [0.2, 0.25) is 0 Å². The Morgan fingerprint density at radius 3 is 2.45 bits per heavy atom. The van der Waals surface area contributed by atoms with Gasteiger partial charge in [0, 0.05) is 12.5 Å². The predicted molar refractivity (Wildman–Crippen MR) is 121 cm³/mol. The van der Waals surface area contributed by atoms with E-state index in [0.717, 1.165) is 57.8 Å². The molecule has 1 amide bonds. The Morgan fingerprint density at radius 2 is 1.77 bits per heavy atom. The van der Waals surface area contributed by atoms with E-state index in [0.29, 0.717) is 18.4 Å². The van der Waals surface area contributed by atoms with E-state index in [9.17, 15) is 15.0 Å². The lowest BCUT2D eigenvalue weighted by Crippen LogP contribution is -2.61. The Hall–Kier alpha value is -0.730. The summed E-state index contributed by atoms with van der Waals surface area (Å²) >= 11 is 0. The summed E-state index contributed by atoms with van der Waals surface area (Å²) in [5.74, 6) is 1.17. The molecule has 0 saturated carbocycles. The molecule has 0 bridgehead atoms. The molecule has 0 aromatic carbocycles. The SMILES string of the molecule is CC[C@@H]1CCC[C@H](C)CC[C@@H](OC2O[C@@H](C)[C@@H](O)[C@@H](N)[C@H]2O)[C@H](CC)CCCNC1=O. The summed E-state index contributed by atoms with van der Waals surface area (Å²) in [5, 5.41) is 23.8. The number of rotatable bonds is 4. The number of carbonyl (C=O) groups excluding carboxylic acids is 1. The number of carbonyl (C=O) groups is 1. The maximum Gasteiger partial charge on any atom is 0.223 e. The van der Waals surface area contributed by atoms with Crippen molar-refractivity contribution < 1.29 is 24.5 Å². The molecule has 0 aromatic heterocycles. The predicted octanol–water partition coefficient (Wildman–Crippen LogP) is 2.71. The number of nitrogens with two attached hydrogens (primary N) is 1. The summed E-state index contributed by atoms with van der Waals surface area (Å²) in [7, 11) is 0. The van der Waals surface area contributed by atoms with E-state index >= 15 is 0 Å². The van der Waals surface area contributed by atoms with E-state index in [4.69, 9.17) is 15.2 Å². The molecular weight excluding hydrogens is 396 g/mol. The van der Waals surface area contributed by atoms with E-state index in [1.165, 1.54) is 0 Å². The highest BCUT2D eigenvalue weighted by molar-refractivity contribution is 5.78. The van der Waals surface area contributed by atoms with E-state index in [1.54, 1.807) is 6.92 Å². The summed E-state index contributed by atoms with van der Waals surface area (Å²) < 4.78 is 12.1. The molecule has 2 aliphatic rings. The lowest BCUT2D eigenvalue weighted by Gasteiger charge is -2.42. The van der Waals surface area contributed by atoms with Crippen molar-refractivity contribution in [3.63, 3.8) is 0 Å². The van der Waals surface area contributed by atoms with Crippen LogP contribution in [-0.4, -0.2) is 59.4 Å². The van der Waals surface area contributed by atoms with Gasteiger partial charge in [-0.25, -0.2) is 0 Å². The first-order valence-electron chi connectivity index (χ1n) is 12.5. The third-order valence-corrected chi connectivity index (χ3v) is 7.36. The fourth-order valence-corrected chi connectivity index (χ4v) is 4.97. The number of hydrogen-bond donors (Lipinski definition) is 4. The molecule has 2 rings (SSSR count). The monoisotopic (exact) mass is 442 g/mol. The first kappa shape index (κ1) is 26.5. The van der Waals surface area contributed by atoms with E-state index < -0.39 is 30.6 Å². The van der Waals surface area contributed by atoms with Crippen LogP contribution in [0.5, 0.6) is 0 Å². The molecule has 0 aromatic rings. The van der Waals surface area contributed by atoms with Crippen molar-refractivity contribution in [2.45, 2.75) is 122 Å². The molecule has 2 aliphatic heterocycles. The molecular formula is C24H46N2O5. The second kappa shape index (κ2) is 13.1. The number of aliphatic hydroxyl groups excluding tert-OH is 2. The Balaban J connectivity index is 2.07. The average Bonchev–Trinajstić information content (AvgIpc) is 2.75. The van der Waals surface area contributed by atoms with E-state index in [1.807, 2.05) is 0 Å². The van der Waals surface area contributed by atoms with E-state index in [-0.39, 0.29) is 17.9 Å². The highest BCUT2D eigenvalue weighted by Gasteiger charge is 2.42. The molecule has 182 valence electrons. The topological polar surface area (TPSA) is 114 Å². The summed E-state index contributed by atoms with van der Waals surface area (Å²) in [6, 6.07) is -0.784. The van der Waals surface area contributed by atoms with E-state index in [2.05, 4.69) is 26.1 Å². The van der Waals surface area contributed by atoms with Crippen molar-refractivity contribution in [1.29, 1.82) is 0 Å². The Bertz CT molecular complexity index is 534. The van der Waals surface area contributed by atoms with Crippen LogP contribution in [0.4, 0.5) is 0 Å². The lowest BCUT2D eigenvalue weighted by molar-refractivity contribution is -0.286. The molecule has 5 N–H and O–H groups in total. The minimum Gasteiger partial charge on any atom is -0.389 e. The normalized spacial score (nSPS) is 41.9. The Labute approximate surface area is 188 Å². The average molecular weight is 443 g/mol. The highest BCUT2D eigenvalue weighted by atomic mass is 16.7. The number of nitrogens with one attached hydrogen (secondary N) is 1. The maximum absolute atomic E-state index is 12.5. The van der Waals surface area contributed by atoms with Crippen LogP contribution >= 0.6 is 0 Å². The molecule has 0 aliphatic carbocycles. The Morgan fingerprint density at radius 1 is 1.03 bits per heavy atom. The number of amides is 1. The molecule has 9 atom stereocenters. The van der Waals surface area contributed by atoms with Gasteiger partial charge in [-0.05, 0) is 57.3 Å². The molecule has 2 fully saturated rings. The van der Waals surface area contributed by atoms with Gasteiger partial charge in [-0.1, -0.05) is 40.0 Å². The Kier molecular flexibility index (Phi) is 11.2. The first-order valence-corrected chi connectivity index (χ1v) is 12.5. The zero-order valence-corrected chi connectivity index (χ0v) is 20.0. The van der Waals surface area contributed by atoms with Crippen LogP contribution < -0.4 is 11.1 Å². The van der Waals surface area contributed by atoms with Crippen LogP contribution in [0.25, 0.3) is 0 Å².